The van der Waals surface area contributed by atoms with E-state index in [0.717, 1.165) is 20.5 Å². The highest BCUT2D eigenvalue weighted by Gasteiger charge is 2.03. The molecule has 0 aliphatic carbocycles. The summed E-state index contributed by atoms with van der Waals surface area (Å²) in [4.78, 5) is 1.21. The molecule has 1 nitrogen and oxygen atoms in total. The third-order valence-electron chi connectivity index (χ3n) is 2.01. The summed E-state index contributed by atoms with van der Waals surface area (Å²) in [7, 11) is 0. The number of rotatable bonds is 3. The van der Waals surface area contributed by atoms with Crippen molar-refractivity contribution in [1.82, 2.24) is 0 Å². The zero-order valence-electron chi connectivity index (χ0n) is 8.14. The van der Waals surface area contributed by atoms with Gasteiger partial charge in [-0.3, -0.25) is 0 Å². The molecule has 0 radical (unpaired) electrons. The minimum atomic E-state index is -0.216. The van der Waals surface area contributed by atoms with Crippen LogP contribution >= 0.6 is 43.2 Å². The van der Waals surface area contributed by atoms with Gasteiger partial charge >= 0.3 is 0 Å². The Morgan fingerprint density at radius 2 is 1.88 bits per heavy atom. The highest BCUT2D eigenvalue weighted by Crippen LogP contribution is 2.32. The normalized spacial score (nSPS) is 10.4. The van der Waals surface area contributed by atoms with Crippen molar-refractivity contribution in [3.05, 3.63) is 49.3 Å². The Morgan fingerprint density at radius 3 is 2.44 bits per heavy atom. The van der Waals surface area contributed by atoms with Crippen LogP contribution in [0, 0.1) is 5.82 Å². The fourth-order valence-corrected chi connectivity index (χ4v) is 3.35. The van der Waals surface area contributed by atoms with E-state index >= 15 is 0 Å². The monoisotopic (exact) mass is 363 g/mol. The van der Waals surface area contributed by atoms with E-state index in [1.165, 1.54) is 17.0 Å². The number of hydrogen-bond donors (Lipinski definition) is 1. The molecule has 16 heavy (non-hydrogen) atoms. The van der Waals surface area contributed by atoms with Gasteiger partial charge in [0.1, 0.15) is 5.82 Å². The van der Waals surface area contributed by atoms with E-state index in [1.54, 1.807) is 23.5 Å². The molecule has 0 amide bonds. The first-order valence-electron chi connectivity index (χ1n) is 4.58. The molecule has 0 atom stereocenters. The van der Waals surface area contributed by atoms with E-state index in [4.69, 9.17) is 0 Å². The molecule has 0 aliphatic rings. The van der Waals surface area contributed by atoms with Crippen molar-refractivity contribution in [1.29, 1.82) is 0 Å². The van der Waals surface area contributed by atoms with Gasteiger partial charge in [-0.25, -0.2) is 4.39 Å². The quantitative estimate of drug-likeness (QED) is 0.805. The zero-order chi connectivity index (χ0) is 11.5. The Balaban J connectivity index is 1.99. The third-order valence-corrected chi connectivity index (χ3v) is 5.26. The van der Waals surface area contributed by atoms with E-state index < -0.39 is 0 Å². The Bertz CT molecular complexity index is 462. The lowest BCUT2D eigenvalue weighted by atomic mass is 10.3. The Hall–Kier alpha value is -0.390. The van der Waals surface area contributed by atoms with E-state index in [1.807, 2.05) is 0 Å². The molecule has 0 unspecified atom stereocenters. The molecule has 2 rings (SSSR count). The Morgan fingerprint density at radius 1 is 1.19 bits per heavy atom. The Labute approximate surface area is 114 Å². The summed E-state index contributed by atoms with van der Waals surface area (Å²) in [6.45, 7) is 0.737. The summed E-state index contributed by atoms with van der Waals surface area (Å²) in [5, 5.41) is 3.23. The van der Waals surface area contributed by atoms with Crippen LogP contribution < -0.4 is 5.32 Å². The third kappa shape index (κ3) is 3.06. The van der Waals surface area contributed by atoms with Gasteiger partial charge in [-0.1, -0.05) is 0 Å². The number of nitrogens with one attached hydrogen (secondary N) is 1. The van der Waals surface area contributed by atoms with Crippen molar-refractivity contribution in [2.24, 2.45) is 0 Å². The first-order valence-corrected chi connectivity index (χ1v) is 6.98. The maximum atomic E-state index is 12.7. The molecule has 0 spiro atoms. The maximum Gasteiger partial charge on any atom is 0.123 e. The topological polar surface area (TPSA) is 12.0 Å². The van der Waals surface area contributed by atoms with Crippen molar-refractivity contribution >= 4 is 48.9 Å². The van der Waals surface area contributed by atoms with Crippen LogP contribution in [-0.4, -0.2) is 0 Å². The van der Waals surface area contributed by atoms with E-state index in [-0.39, 0.29) is 5.82 Å². The molecule has 2 aromatic rings. The highest BCUT2D eigenvalue weighted by molar-refractivity contribution is 9.13. The second kappa shape index (κ2) is 5.29. The lowest BCUT2D eigenvalue weighted by Crippen LogP contribution is -1.96. The lowest BCUT2D eigenvalue weighted by Gasteiger charge is -2.03. The molecule has 1 heterocycles. The van der Waals surface area contributed by atoms with Crippen molar-refractivity contribution in [3.63, 3.8) is 0 Å². The van der Waals surface area contributed by atoms with Gasteiger partial charge in [-0.2, -0.15) is 0 Å². The van der Waals surface area contributed by atoms with Crippen LogP contribution in [0.25, 0.3) is 0 Å². The second-order valence-corrected chi connectivity index (χ2v) is 6.50. The predicted octanol–water partition coefficient (Wildman–Crippen LogP) is 5.02. The molecule has 1 aromatic heterocycles. The molecule has 84 valence electrons. The molecule has 0 fully saturated rings. The van der Waals surface area contributed by atoms with Crippen LogP contribution in [0.2, 0.25) is 0 Å². The van der Waals surface area contributed by atoms with Gasteiger partial charge in [0.15, 0.2) is 0 Å². The van der Waals surface area contributed by atoms with Gasteiger partial charge in [0.25, 0.3) is 0 Å². The summed E-state index contributed by atoms with van der Waals surface area (Å²) in [5.41, 5.74) is 0.919. The molecular formula is C11H8Br2FNS. The summed E-state index contributed by atoms with van der Waals surface area (Å²) >= 11 is 8.55. The zero-order valence-corrected chi connectivity index (χ0v) is 12.1. The van der Waals surface area contributed by atoms with Crippen LogP contribution in [0.4, 0.5) is 10.1 Å². The molecule has 5 heteroatoms. The molecule has 0 saturated carbocycles. The molecule has 0 aliphatic heterocycles. The number of benzene rings is 1. The van der Waals surface area contributed by atoms with Crippen LogP contribution in [-0.2, 0) is 6.54 Å². The van der Waals surface area contributed by atoms with Gasteiger partial charge in [0.05, 0.1) is 3.79 Å². The van der Waals surface area contributed by atoms with Crippen LogP contribution in [0.1, 0.15) is 4.88 Å². The summed E-state index contributed by atoms with van der Waals surface area (Å²) in [5.74, 6) is -0.216. The lowest BCUT2D eigenvalue weighted by molar-refractivity contribution is 0.628. The van der Waals surface area contributed by atoms with Crippen molar-refractivity contribution in [3.8, 4) is 0 Å². The number of anilines is 1. The first-order chi connectivity index (χ1) is 7.65. The van der Waals surface area contributed by atoms with Gasteiger partial charge in [0, 0.05) is 21.6 Å². The summed E-state index contributed by atoms with van der Waals surface area (Å²) < 4.78 is 14.8. The van der Waals surface area contributed by atoms with Crippen molar-refractivity contribution in [2.45, 2.75) is 6.54 Å². The van der Waals surface area contributed by atoms with Gasteiger partial charge in [-0.15, -0.1) is 11.3 Å². The van der Waals surface area contributed by atoms with Crippen molar-refractivity contribution < 1.29 is 4.39 Å². The van der Waals surface area contributed by atoms with Gasteiger partial charge < -0.3 is 5.32 Å². The number of halogens is 3. The van der Waals surface area contributed by atoms with Crippen LogP contribution in [0.3, 0.4) is 0 Å². The minimum Gasteiger partial charge on any atom is -0.380 e. The van der Waals surface area contributed by atoms with Gasteiger partial charge in [-0.05, 0) is 62.2 Å². The van der Waals surface area contributed by atoms with Crippen molar-refractivity contribution in [2.75, 3.05) is 5.32 Å². The molecule has 1 aromatic carbocycles. The smallest absolute Gasteiger partial charge is 0.123 e. The number of hydrogen-bond acceptors (Lipinski definition) is 2. The second-order valence-electron chi connectivity index (χ2n) is 3.19. The molecular weight excluding hydrogens is 357 g/mol. The fraction of sp³-hybridized carbons (Fsp3) is 0.0909. The molecule has 0 saturated heterocycles. The van der Waals surface area contributed by atoms with Crippen LogP contribution in [0.15, 0.2) is 38.6 Å². The molecule has 1 N–H and O–H groups in total. The average molecular weight is 365 g/mol. The van der Waals surface area contributed by atoms with Crippen LogP contribution in [0.5, 0.6) is 0 Å². The Kier molecular flexibility index (Phi) is 4.00. The standard InChI is InChI=1S/C11H8Br2FNS/c12-10-5-9(16-11(10)13)6-15-8-3-1-7(14)2-4-8/h1-5,15H,6H2. The first kappa shape index (κ1) is 12.1. The van der Waals surface area contributed by atoms with E-state index in [9.17, 15) is 4.39 Å². The van der Waals surface area contributed by atoms with Gasteiger partial charge in [0.2, 0.25) is 0 Å². The summed E-state index contributed by atoms with van der Waals surface area (Å²) in [6.07, 6.45) is 0. The minimum absolute atomic E-state index is 0.216. The van der Waals surface area contributed by atoms with E-state index in [2.05, 4.69) is 43.2 Å². The number of thiophene rings is 1. The maximum absolute atomic E-state index is 12.7. The molecule has 0 bridgehead atoms. The summed E-state index contributed by atoms with van der Waals surface area (Å²) in [6, 6.07) is 8.41. The largest absolute Gasteiger partial charge is 0.380 e. The SMILES string of the molecule is Fc1ccc(NCc2cc(Br)c(Br)s2)cc1. The predicted molar refractivity (Wildman–Crippen MR) is 73.4 cm³/mol. The fourth-order valence-electron chi connectivity index (χ4n) is 1.24. The highest BCUT2D eigenvalue weighted by atomic mass is 79.9. The average Bonchev–Trinajstić information content (AvgIpc) is 2.58. The van der Waals surface area contributed by atoms with E-state index in [0.29, 0.717) is 0 Å².